The fourth-order valence-electron chi connectivity index (χ4n) is 3.07. The topological polar surface area (TPSA) is 66.6 Å². The van der Waals surface area contributed by atoms with Crippen LogP contribution in [0.15, 0.2) is 24.3 Å². The van der Waals surface area contributed by atoms with Crippen LogP contribution >= 0.6 is 0 Å². The number of halogens is 1. The van der Waals surface area contributed by atoms with Crippen molar-refractivity contribution in [2.24, 2.45) is 11.7 Å². The van der Waals surface area contributed by atoms with Gasteiger partial charge in [0.05, 0.1) is 0 Å². The molecular formula is C18H26FN3O2. The van der Waals surface area contributed by atoms with E-state index in [0.717, 1.165) is 12.1 Å². The lowest BCUT2D eigenvalue weighted by atomic mass is 10.0. The van der Waals surface area contributed by atoms with E-state index >= 15 is 0 Å². The van der Waals surface area contributed by atoms with Crippen LogP contribution < -0.4 is 5.73 Å². The summed E-state index contributed by atoms with van der Waals surface area (Å²) in [5.74, 6) is -0.225. The summed E-state index contributed by atoms with van der Waals surface area (Å²) in [5.41, 5.74) is 6.16. The monoisotopic (exact) mass is 335 g/mol. The second-order valence-corrected chi connectivity index (χ2v) is 6.73. The molecule has 1 atom stereocenters. The summed E-state index contributed by atoms with van der Waals surface area (Å²) in [6.45, 7) is 6.59. The smallest absolute Gasteiger partial charge is 0.224 e. The Labute approximate surface area is 142 Å². The first-order valence-electron chi connectivity index (χ1n) is 8.41. The van der Waals surface area contributed by atoms with Gasteiger partial charge in [-0.25, -0.2) is 4.39 Å². The van der Waals surface area contributed by atoms with E-state index in [9.17, 15) is 14.0 Å². The quantitative estimate of drug-likeness (QED) is 0.861. The van der Waals surface area contributed by atoms with E-state index in [1.807, 2.05) is 4.90 Å². The predicted octanol–water partition coefficient (Wildman–Crippen LogP) is 1.76. The lowest BCUT2D eigenvalue weighted by molar-refractivity contribution is -0.134. The molecule has 1 heterocycles. The van der Waals surface area contributed by atoms with Crippen LogP contribution in [0.25, 0.3) is 0 Å². The number of nitrogens with two attached hydrogens (primary N) is 1. The number of amides is 2. The second-order valence-electron chi connectivity index (χ2n) is 6.73. The van der Waals surface area contributed by atoms with Crippen LogP contribution in [0, 0.1) is 11.7 Å². The van der Waals surface area contributed by atoms with Gasteiger partial charge in [-0.15, -0.1) is 0 Å². The van der Waals surface area contributed by atoms with Crippen molar-refractivity contribution in [3.05, 3.63) is 35.6 Å². The number of nitrogens with zero attached hydrogens (tertiary/aromatic N) is 2. The summed E-state index contributed by atoms with van der Waals surface area (Å²) in [6.07, 6.45) is 0.722. The molecular weight excluding hydrogens is 309 g/mol. The molecule has 1 aliphatic rings. The van der Waals surface area contributed by atoms with Gasteiger partial charge in [0.1, 0.15) is 5.82 Å². The van der Waals surface area contributed by atoms with E-state index in [1.165, 1.54) is 12.1 Å². The average molecular weight is 335 g/mol. The Bertz CT molecular complexity index is 574. The number of benzene rings is 1. The molecule has 0 aromatic heterocycles. The highest BCUT2D eigenvalue weighted by Crippen LogP contribution is 2.21. The first-order valence-corrected chi connectivity index (χ1v) is 8.41. The summed E-state index contributed by atoms with van der Waals surface area (Å²) in [7, 11) is 0. The largest absolute Gasteiger partial charge is 0.370 e. The van der Waals surface area contributed by atoms with Crippen LogP contribution in [0.2, 0.25) is 0 Å². The van der Waals surface area contributed by atoms with E-state index in [1.54, 1.807) is 12.1 Å². The van der Waals surface area contributed by atoms with Gasteiger partial charge >= 0.3 is 0 Å². The molecule has 0 spiro atoms. The van der Waals surface area contributed by atoms with Crippen LogP contribution in [0.5, 0.6) is 0 Å². The molecule has 0 saturated carbocycles. The molecule has 5 nitrogen and oxygen atoms in total. The fraction of sp³-hybridized carbons (Fsp3) is 0.556. The molecule has 2 rings (SSSR count). The zero-order chi connectivity index (χ0) is 17.7. The average Bonchev–Trinajstić information content (AvgIpc) is 2.68. The third-order valence-corrected chi connectivity index (χ3v) is 4.52. The summed E-state index contributed by atoms with van der Waals surface area (Å²) < 4.78 is 13.1. The molecule has 1 saturated heterocycles. The SMILES string of the molecule is CC(C)[C@H]1CN(CCC(N)=O)CCC(=O)N1Cc1ccc(F)cc1. The van der Waals surface area contributed by atoms with E-state index in [2.05, 4.69) is 18.7 Å². The Morgan fingerprint density at radius 2 is 2.00 bits per heavy atom. The van der Waals surface area contributed by atoms with Gasteiger partial charge in [-0.3, -0.25) is 9.59 Å². The highest BCUT2D eigenvalue weighted by Gasteiger charge is 2.31. The van der Waals surface area contributed by atoms with Crippen LogP contribution in [0.3, 0.4) is 0 Å². The van der Waals surface area contributed by atoms with Crippen molar-refractivity contribution < 1.29 is 14.0 Å². The molecule has 2 amide bonds. The number of primary amides is 1. The van der Waals surface area contributed by atoms with Crippen molar-refractivity contribution in [3.63, 3.8) is 0 Å². The summed E-state index contributed by atoms with van der Waals surface area (Å²) in [4.78, 5) is 27.7. The third kappa shape index (κ3) is 5.03. The Morgan fingerprint density at radius 1 is 1.33 bits per heavy atom. The van der Waals surface area contributed by atoms with Crippen molar-refractivity contribution >= 4 is 11.8 Å². The van der Waals surface area contributed by atoms with E-state index < -0.39 is 0 Å². The number of carbonyl (C=O) groups excluding carboxylic acids is 2. The highest BCUT2D eigenvalue weighted by molar-refractivity contribution is 5.77. The van der Waals surface area contributed by atoms with Crippen LogP contribution in [0.1, 0.15) is 32.3 Å². The zero-order valence-electron chi connectivity index (χ0n) is 14.4. The van der Waals surface area contributed by atoms with Gasteiger partial charge in [-0.1, -0.05) is 26.0 Å². The second kappa shape index (κ2) is 8.24. The van der Waals surface area contributed by atoms with E-state index in [-0.39, 0.29) is 29.6 Å². The molecule has 0 radical (unpaired) electrons. The minimum Gasteiger partial charge on any atom is -0.370 e. The summed E-state index contributed by atoms with van der Waals surface area (Å²) in [6, 6.07) is 6.33. The maximum Gasteiger partial charge on any atom is 0.224 e. The van der Waals surface area contributed by atoms with Crippen molar-refractivity contribution in [3.8, 4) is 0 Å². The minimum atomic E-state index is -0.324. The first-order chi connectivity index (χ1) is 11.4. The summed E-state index contributed by atoms with van der Waals surface area (Å²) >= 11 is 0. The maximum absolute atomic E-state index is 13.1. The van der Waals surface area contributed by atoms with Gasteiger partial charge in [0.25, 0.3) is 0 Å². The third-order valence-electron chi connectivity index (χ3n) is 4.52. The predicted molar refractivity (Wildman–Crippen MR) is 90.4 cm³/mol. The van der Waals surface area contributed by atoms with Gasteiger partial charge in [-0.05, 0) is 23.6 Å². The molecule has 1 fully saturated rings. The minimum absolute atomic E-state index is 0.0536. The van der Waals surface area contributed by atoms with Gasteiger partial charge in [0.15, 0.2) is 0 Å². The standard InChI is InChI=1S/C18H26FN3O2/c1-13(2)16-12-21(9-7-17(20)23)10-8-18(24)22(16)11-14-3-5-15(19)6-4-14/h3-6,13,16H,7-12H2,1-2H3,(H2,20,23)/t16-/m1/s1. The van der Waals surface area contributed by atoms with Crippen molar-refractivity contribution in [2.75, 3.05) is 19.6 Å². The maximum atomic E-state index is 13.1. The van der Waals surface area contributed by atoms with Gasteiger partial charge in [-0.2, -0.15) is 0 Å². The lowest BCUT2D eigenvalue weighted by Gasteiger charge is -2.34. The van der Waals surface area contributed by atoms with Crippen molar-refractivity contribution in [2.45, 2.75) is 39.3 Å². The molecule has 132 valence electrons. The lowest BCUT2D eigenvalue weighted by Crippen LogP contribution is -2.46. The Hall–Kier alpha value is -1.95. The molecule has 24 heavy (non-hydrogen) atoms. The van der Waals surface area contributed by atoms with Crippen LogP contribution in [-0.4, -0.2) is 47.3 Å². The van der Waals surface area contributed by atoms with Crippen molar-refractivity contribution in [1.29, 1.82) is 0 Å². The normalized spacial score (nSPS) is 19.6. The Kier molecular flexibility index (Phi) is 6.31. The molecule has 0 unspecified atom stereocenters. The van der Waals surface area contributed by atoms with E-state index in [0.29, 0.717) is 32.5 Å². The van der Waals surface area contributed by atoms with Gasteiger partial charge in [0.2, 0.25) is 11.8 Å². The number of rotatable bonds is 6. The number of hydrogen-bond acceptors (Lipinski definition) is 3. The molecule has 1 aliphatic heterocycles. The number of carbonyl (C=O) groups is 2. The fourth-order valence-corrected chi connectivity index (χ4v) is 3.07. The van der Waals surface area contributed by atoms with E-state index in [4.69, 9.17) is 5.73 Å². The van der Waals surface area contributed by atoms with Crippen LogP contribution in [0.4, 0.5) is 4.39 Å². The van der Waals surface area contributed by atoms with Gasteiger partial charge in [0, 0.05) is 45.1 Å². The molecule has 0 bridgehead atoms. The molecule has 0 aliphatic carbocycles. The Morgan fingerprint density at radius 3 is 2.58 bits per heavy atom. The Balaban J connectivity index is 2.13. The number of hydrogen-bond donors (Lipinski definition) is 1. The highest BCUT2D eigenvalue weighted by atomic mass is 19.1. The van der Waals surface area contributed by atoms with Gasteiger partial charge < -0.3 is 15.5 Å². The molecule has 2 N–H and O–H groups in total. The van der Waals surface area contributed by atoms with Crippen molar-refractivity contribution in [1.82, 2.24) is 9.80 Å². The van der Waals surface area contributed by atoms with Crippen LogP contribution in [-0.2, 0) is 16.1 Å². The molecule has 6 heteroatoms. The summed E-state index contributed by atoms with van der Waals surface area (Å²) in [5, 5.41) is 0. The zero-order valence-corrected chi connectivity index (χ0v) is 14.4. The first kappa shape index (κ1) is 18.4. The molecule has 1 aromatic rings. The molecule has 1 aromatic carbocycles.